The molecule has 0 heterocycles. The molecule has 0 atom stereocenters. The molecule has 0 saturated carbocycles. The Morgan fingerprint density at radius 3 is 2.86 bits per heavy atom. The molecule has 0 amide bonds. The molecule has 14 heavy (non-hydrogen) atoms. The zero-order chi connectivity index (χ0) is 10.3. The Labute approximate surface area is 86.4 Å². The number of halogens is 1. The second-order valence-corrected chi connectivity index (χ2v) is 3.28. The maximum atomic E-state index is 11.3. The second kappa shape index (κ2) is 3.00. The van der Waals surface area contributed by atoms with Crippen LogP contribution in [0.1, 0.15) is 21.5 Å². The van der Waals surface area contributed by atoms with E-state index >= 15 is 0 Å². The minimum Gasteiger partial charge on any atom is -0.431 e. The van der Waals surface area contributed by atoms with E-state index in [1.165, 1.54) is 0 Å². The van der Waals surface area contributed by atoms with Gasteiger partial charge in [0.05, 0.1) is 16.8 Å². The fourth-order valence-corrected chi connectivity index (χ4v) is 1.70. The first-order chi connectivity index (χ1) is 6.66. The molecule has 3 heteroatoms. The number of rotatable bonds is 2. The van der Waals surface area contributed by atoms with Crippen LogP contribution >= 0.6 is 11.6 Å². The third-order valence-corrected chi connectivity index (χ3v) is 2.51. The third kappa shape index (κ3) is 1.16. The van der Waals surface area contributed by atoms with E-state index in [9.17, 15) is 4.79 Å². The molecule has 1 aromatic rings. The number of carbonyl (C=O) groups is 1. The number of carbonyl (C=O) groups excluding carboxylic acids is 1. The van der Waals surface area contributed by atoms with Crippen molar-refractivity contribution in [2.75, 3.05) is 0 Å². The highest BCUT2D eigenvalue weighted by Crippen LogP contribution is 2.46. The lowest BCUT2D eigenvalue weighted by Gasteiger charge is -1.99. The Morgan fingerprint density at radius 1 is 1.50 bits per heavy atom. The number of hydrogen-bond acceptors (Lipinski definition) is 2. The van der Waals surface area contributed by atoms with Crippen LogP contribution in [0.5, 0.6) is 0 Å². The molecule has 2 rings (SSSR count). The van der Waals surface area contributed by atoms with E-state index in [1.807, 2.05) is 6.07 Å². The number of fused-ring (bicyclic) bond motifs is 1. The Hall–Kier alpha value is -1.54. The van der Waals surface area contributed by atoms with E-state index in [-0.39, 0.29) is 0 Å². The molecule has 0 bridgehead atoms. The van der Waals surface area contributed by atoms with Gasteiger partial charge < -0.3 is 4.74 Å². The van der Waals surface area contributed by atoms with Gasteiger partial charge in [0.15, 0.2) is 0 Å². The van der Waals surface area contributed by atoms with Crippen LogP contribution in [0.3, 0.4) is 0 Å². The SMILES string of the molecule is C=COC(=O)c1ccc2c(c1Cl)C2=C. The van der Waals surface area contributed by atoms with Crippen LogP contribution in [-0.4, -0.2) is 5.97 Å². The van der Waals surface area contributed by atoms with Crippen molar-refractivity contribution in [3.05, 3.63) is 53.3 Å². The van der Waals surface area contributed by atoms with E-state index < -0.39 is 5.97 Å². The molecule has 0 saturated heterocycles. The highest BCUT2D eigenvalue weighted by Gasteiger charge is 2.29. The average Bonchev–Trinajstić information content (AvgIpc) is 2.79. The van der Waals surface area contributed by atoms with Gasteiger partial charge in [0.25, 0.3) is 0 Å². The topological polar surface area (TPSA) is 26.3 Å². The van der Waals surface area contributed by atoms with Gasteiger partial charge in [0.1, 0.15) is 0 Å². The van der Waals surface area contributed by atoms with Crippen LogP contribution in [0.4, 0.5) is 0 Å². The Balaban J connectivity index is 2.43. The van der Waals surface area contributed by atoms with E-state index in [4.69, 9.17) is 11.6 Å². The first-order valence-corrected chi connectivity index (χ1v) is 4.38. The lowest BCUT2D eigenvalue weighted by atomic mass is 10.2. The van der Waals surface area contributed by atoms with Gasteiger partial charge in [0, 0.05) is 5.56 Å². The summed E-state index contributed by atoms with van der Waals surface area (Å²) >= 11 is 5.97. The van der Waals surface area contributed by atoms with Crippen molar-refractivity contribution in [1.29, 1.82) is 0 Å². The van der Waals surface area contributed by atoms with Gasteiger partial charge in [-0.05, 0) is 17.2 Å². The van der Waals surface area contributed by atoms with Crippen LogP contribution < -0.4 is 0 Å². The van der Waals surface area contributed by atoms with E-state index in [0.29, 0.717) is 10.6 Å². The maximum absolute atomic E-state index is 11.3. The summed E-state index contributed by atoms with van der Waals surface area (Å²) < 4.78 is 4.63. The van der Waals surface area contributed by atoms with Crippen molar-refractivity contribution in [1.82, 2.24) is 0 Å². The predicted molar refractivity (Wildman–Crippen MR) is 55.2 cm³/mol. The van der Waals surface area contributed by atoms with Gasteiger partial charge in [-0.3, -0.25) is 0 Å². The minimum absolute atomic E-state index is 0.351. The summed E-state index contributed by atoms with van der Waals surface area (Å²) in [5.41, 5.74) is 3.13. The zero-order valence-electron chi connectivity index (χ0n) is 7.34. The highest BCUT2D eigenvalue weighted by molar-refractivity contribution is 6.37. The van der Waals surface area contributed by atoms with Gasteiger partial charge in [-0.25, -0.2) is 4.79 Å². The van der Waals surface area contributed by atoms with Gasteiger partial charge >= 0.3 is 5.97 Å². The summed E-state index contributed by atoms with van der Waals surface area (Å²) in [6.45, 7) is 7.09. The van der Waals surface area contributed by atoms with E-state index in [0.717, 1.165) is 23.0 Å². The molecule has 0 aromatic heterocycles. The smallest absolute Gasteiger partial charge is 0.344 e. The van der Waals surface area contributed by atoms with Crippen LogP contribution in [0.25, 0.3) is 5.57 Å². The molecule has 1 aliphatic rings. The van der Waals surface area contributed by atoms with Crippen molar-refractivity contribution in [3.8, 4) is 0 Å². The molecule has 1 aromatic carbocycles. The lowest BCUT2D eigenvalue weighted by molar-refractivity contribution is 0.0664. The standard InChI is InChI=1S/C11H7ClO2/c1-3-14-11(13)8-5-4-7-6(2)9(7)10(8)12/h3-5H,1-2H2. The molecular formula is C11H7ClO2. The summed E-state index contributed by atoms with van der Waals surface area (Å²) in [4.78, 5) is 11.3. The predicted octanol–water partition coefficient (Wildman–Crippen LogP) is 3.02. The summed E-state index contributed by atoms with van der Waals surface area (Å²) in [7, 11) is 0. The van der Waals surface area contributed by atoms with Crippen LogP contribution in [0.15, 0.2) is 31.6 Å². The van der Waals surface area contributed by atoms with Crippen molar-refractivity contribution < 1.29 is 9.53 Å². The van der Waals surface area contributed by atoms with Crippen LogP contribution in [0.2, 0.25) is 5.02 Å². The molecular weight excluding hydrogens is 200 g/mol. The van der Waals surface area contributed by atoms with E-state index in [2.05, 4.69) is 17.9 Å². The molecule has 0 spiro atoms. The van der Waals surface area contributed by atoms with Crippen molar-refractivity contribution in [3.63, 3.8) is 0 Å². The first kappa shape index (κ1) is 9.03. The summed E-state index contributed by atoms with van der Waals surface area (Å²) in [6, 6.07) is 3.44. The third-order valence-electron chi connectivity index (χ3n) is 2.12. The van der Waals surface area contributed by atoms with Crippen molar-refractivity contribution in [2.24, 2.45) is 0 Å². The Bertz CT molecular complexity index is 461. The number of hydrogen-bond donors (Lipinski definition) is 0. The normalized spacial score (nSPS) is 11.9. The van der Waals surface area contributed by atoms with Crippen molar-refractivity contribution in [2.45, 2.75) is 0 Å². The number of benzene rings is 1. The maximum Gasteiger partial charge on any atom is 0.344 e. The fourth-order valence-electron chi connectivity index (χ4n) is 1.35. The van der Waals surface area contributed by atoms with Crippen molar-refractivity contribution >= 4 is 23.1 Å². The molecule has 0 unspecified atom stereocenters. The van der Waals surface area contributed by atoms with Gasteiger partial charge in [-0.15, -0.1) is 0 Å². The molecule has 2 nitrogen and oxygen atoms in total. The molecule has 1 aliphatic carbocycles. The molecule has 0 N–H and O–H groups in total. The molecule has 0 radical (unpaired) electrons. The Morgan fingerprint density at radius 2 is 2.21 bits per heavy atom. The second-order valence-electron chi connectivity index (χ2n) is 2.90. The monoisotopic (exact) mass is 206 g/mol. The van der Waals surface area contributed by atoms with Crippen LogP contribution in [0, 0.1) is 0 Å². The van der Waals surface area contributed by atoms with Gasteiger partial charge in [-0.1, -0.05) is 30.8 Å². The average molecular weight is 207 g/mol. The largest absolute Gasteiger partial charge is 0.431 e. The minimum atomic E-state index is -0.493. The highest BCUT2D eigenvalue weighted by atomic mass is 35.5. The number of ether oxygens (including phenoxy) is 1. The fraction of sp³-hybridized carbons (Fsp3) is 0. The molecule has 0 fully saturated rings. The first-order valence-electron chi connectivity index (χ1n) is 4.01. The summed E-state index contributed by atoms with van der Waals surface area (Å²) in [5, 5.41) is 0.416. The number of esters is 1. The summed E-state index contributed by atoms with van der Waals surface area (Å²) in [5.74, 6) is -0.493. The quantitative estimate of drug-likeness (QED) is 0.558. The molecule has 70 valence electrons. The zero-order valence-corrected chi connectivity index (χ0v) is 8.10. The summed E-state index contributed by atoms with van der Waals surface area (Å²) in [6.07, 6.45) is 1.08. The van der Waals surface area contributed by atoms with E-state index in [1.54, 1.807) is 6.07 Å². The van der Waals surface area contributed by atoms with Gasteiger partial charge in [-0.2, -0.15) is 0 Å². The molecule has 0 aliphatic heterocycles. The van der Waals surface area contributed by atoms with Crippen LogP contribution in [-0.2, 0) is 4.74 Å². The van der Waals surface area contributed by atoms with Gasteiger partial charge in [0.2, 0.25) is 0 Å². The lowest BCUT2D eigenvalue weighted by Crippen LogP contribution is -2.00. The Kier molecular flexibility index (Phi) is 1.93.